The van der Waals surface area contributed by atoms with Crippen LogP contribution in [-0.2, 0) is 6.18 Å². The third-order valence-electron chi connectivity index (χ3n) is 3.03. The van der Waals surface area contributed by atoms with Gasteiger partial charge in [0.05, 0.1) is 5.56 Å². The van der Waals surface area contributed by atoms with Crippen LogP contribution in [0.2, 0.25) is 0 Å². The van der Waals surface area contributed by atoms with Crippen LogP contribution >= 0.6 is 0 Å². The maximum absolute atomic E-state index is 13.0. The summed E-state index contributed by atoms with van der Waals surface area (Å²) in [6, 6.07) is 3.59. The van der Waals surface area contributed by atoms with E-state index in [1.807, 2.05) is 0 Å². The zero-order valence-electron chi connectivity index (χ0n) is 11.4. The predicted molar refractivity (Wildman–Crippen MR) is 73.2 cm³/mol. The zero-order valence-corrected chi connectivity index (χ0v) is 11.4. The van der Waals surface area contributed by atoms with E-state index in [1.54, 1.807) is 0 Å². The number of anilines is 1. The molecule has 0 aliphatic carbocycles. The summed E-state index contributed by atoms with van der Waals surface area (Å²) in [6.07, 6.45) is -8.50. The monoisotopic (exact) mass is 336 g/mol. The Labute approximate surface area is 125 Å². The summed E-state index contributed by atoms with van der Waals surface area (Å²) in [5.74, 6) is 0. The van der Waals surface area contributed by atoms with E-state index in [2.05, 4.69) is 11.6 Å². The van der Waals surface area contributed by atoms with Crippen LogP contribution in [-0.4, -0.2) is 17.7 Å². The minimum absolute atomic E-state index is 0.121. The molecule has 9 heteroatoms. The number of rotatable bonds is 3. The lowest BCUT2D eigenvalue weighted by Crippen LogP contribution is -2.29. The first-order valence-corrected chi connectivity index (χ1v) is 6.21. The van der Waals surface area contributed by atoms with Crippen molar-refractivity contribution in [1.82, 2.24) is 4.98 Å². The number of H-pyrrole nitrogens is 1. The van der Waals surface area contributed by atoms with E-state index in [4.69, 9.17) is 0 Å². The van der Waals surface area contributed by atoms with Gasteiger partial charge in [-0.05, 0) is 24.4 Å². The summed E-state index contributed by atoms with van der Waals surface area (Å²) < 4.78 is 76.5. The molecule has 3 nitrogen and oxygen atoms in total. The minimum atomic E-state index is -4.81. The van der Waals surface area contributed by atoms with Crippen molar-refractivity contribution in [2.75, 3.05) is 11.4 Å². The van der Waals surface area contributed by atoms with Gasteiger partial charge in [-0.3, -0.25) is 4.79 Å². The van der Waals surface area contributed by atoms with Gasteiger partial charge in [0, 0.05) is 22.7 Å². The fraction of sp³-hybridized carbons (Fsp3) is 0.214. The molecule has 124 valence electrons. The normalized spacial score (nSPS) is 12.4. The smallest absolute Gasteiger partial charge is 0.339 e. The highest BCUT2D eigenvalue weighted by atomic mass is 19.4. The van der Waals surface area contributed by atoms with Gasteiger partial charge in [-0.15, -0.1) is 0 Å². The van der Waals surface area contributed by atoms with Crippen LogP contribution in [0.25, 0.3) is 10.9 Å². The van der Waals surface area contributed by atoms with Crippen molar-refractivity contribution < 1.29 is 26.3 Å². The molecule has 1 aromatic carbocycles. The van der Waals surface area contributed by atoms with Crippen molar-refractivity contribution in [3.05, 3.63) is 53.0 Å². The molecule has 0 amide bonds. The van der Waals surface area contributed by atoms with E-state index in [0.29, 0.717) is 11.0 Å². The number of hydrogen-bond acceptors (Lipinski definition) is 2. The molecule has 0 bridgehead atoms. The van der Waals surface area contributed by atoms with Crippen molar-refractivity contribution in [2.45, 2.75) is 12.4 Å². The second kappa shape index (κ2) is 5.64. The van der Waals surface area contributed by atoms with Gasteiger partial charge in [0.15, 0.2) is 0 Å². The summed E-state index contributed by atoms with van der Waals surface area (Å²) in [5.41, 5.74) is -2.41. The molecule has 0 fully saturated rings. The Morgan fingerprint density at radius 3 is 2.30 bits per heavy atom. The third-order valence-corrected chi connectivity index (χ3v) is 3.03. The van der Waals surface area contributed by atoms with Gasteiger partial charge in [0.25, 0.3) is 0 Å². The molecule has 0 spiro atoms. The first kappa shape index (κ1) is 16.9. The van der Waals surface area contributed by atoms with Crippen molar-refractivity contribution in [3.63, 3.8) is 0 Å². The van der Waals surface area contributed by atoms with Gasteiger partial charge in [0.1, 0.15) is 6.54 Å². The highest BCUT2D eigenvalue weighted by Gasteiger charge is 2.34. The molecule has 0 aliphatic heterocycles. The molecule has 2 rings (SSSR count). The topological polar surface area (TPSA) is 36.1 Å². The van der Waals surface area contributed by atoms with E-state index in [-0.39, 0.29) is 11.2 Å². The number of hydrogen-bond donors (Lipinski definition) is 1. The molecule has 0 saturated carbocycles. The van der Waals surface area contributed by atoms with E-state index in [9.17, 15) is 31.1 Å². The Bertz CT molecular complexity index is 790. The fourth-order valence-corrected chi connectivity index (χ4v) is 2.11. The lowest BCUT2D eigenvalue weighted by atomic mass is 10.1. The maximum atomic E-state index is 13.0. The Balaban J connectivity index is 2.63. The number of aromatic amines is 1. The van der Waals surface area contributed by atoms with Gasteiger partial charge in [0.2, 0.25) is 5.56 Å². The van der Waals surface area contributed by atoms with E-state index in [0.717, 1.165) is 18.3 Å². The highest BCUT2D eigenvalue weighted by molar-refractivity contribution is 5.86. The number of nitrogens with one attached hydrogen (secondary N) is 1. The number of aromatic nitrogens is 1. The maximum Gasteiger partial charge on any atom is 0.417 e. The Morgan fingerprint density at radius 2 is 1.78 bits per heavy atom. The molecule has 2 aromatic rings. The van der Waals surface area contributed by atoms with Crippen molar-refractivity contribution >= 4 is 16.6 Å². The quantitative estimate of drug-likeness (QED) is 0.858. The molecule has 1 heterocycles. The molecule has 23 heavy (non-hydrogen) atoms. The average Bonchev–Trinajstić information content (AvgIpc) is 2.41. The van der Waals surface area contributed by atoms with Crippen LogP contribution in [0.4, 0.5) is 32.0 Å². The van der Waals surface area contributed by atoms with Crippen LogP contribution < -0.4 is 10.5 Å². The lowest BCUT2D eigenvalue weighted by molar-refractivity contribution is -0.136. The summed E-state index contributed by atoms with van der Waals surface area (Å²) in [5, 5.41) is -0.399. The summed E-state index contributed by atoms with van der Waals surface area (Å²) >= 11 is 0. The number of nitrogens with zero attached hydrogens (tertiary/aromatic N) is 1. The molecule has 1 aromatic heterocycles. The summed E-state index contributed by atoms with van der Waals surface area (Å²) in [6.45, 7) is 1.84. The van der Waals surface area contributed by atoms with Crippen LogP contribution in [0.5, 0.6) is 0 Å². The number of alkyl halides is 6. The molecule has 0 saturated heterocycles. The summed E-state index contributed by atoms with van der Waals surface area (Å²) in [4.78, 5) is 14.2. The molecular formula is C14H10F6N2O. The van der Waals surface area contributed by atoms with Gasteiger partial charge < -0.3 is 9.88 Å². The Kier molecular flexibility index (Phi) is 4.14. The van der Waals surface area contributed by atoms with Crippen LogP contribution in [0.3, 0.4) is 0 Å². The molecule has 0 radical (unpaired) electrons. The first-order valence-electron chi connectivity index (χ1n) is 6.21. The predicted octanol–water partition coefficient (Wildman–Crippen LogP) is 4.06. The molecule has 0 unspecified atom stereocenters. The first-order chi connectivity index (χ1) is 10.5. The van der Waals surface area contributed by atoms with E-state index < -0.39 is 35.4 Å². The summed E-state index contributed by atoms with van der Waals surface area (Å²) in [7, 11) is 0. The molecule has 0 aliphatic rings. The standard InChI is InChI=1S/C14H10F6N2O/c1-2-22(7-13(15,16)17)8-3-4-11-9(5-8)10(14(18,19)20)6-12(23)21-11/h2-6H,1,7H2,(H,21,23). The number of benzene rings is 1. The largest absolute Gasteiger partial charge is 0.417 e. The van der Waals surface area contributed by atoms with Crippen molar-refractivity contribution in [3.8, 4) is 0 Å². The number of pyridine rings is 1. The SMILES string of the molecule is C=CN(CC(F)(F)F)c1ccc2[nH]c(=O)cc(C(F)(F)F)c2c1. The fourth-order valence-electron chi connectivity index (χ4n) is 2.11. The van der Waals surface area contributed by atoms with Gasteiger partial charge >= 0.3 is 12.4 Å². The Hall–Kier alpha value is -2.45. The number of halogens is 6. The van der Waals surface area contributed by atoms with Crippen molar-refractivity contribution in [2.24, 2.45) is 0 Å². The Morgan fingerprint density at radius 1 is 1.13 bits per heavy atom. The second-order valence-corrected chi connectivity index (χ2v) is 4.70. The second-order valence-electron chi connectivity index (χ2n) is 4.70. The van der Waals surface area contributed by atoms with Gasteiger partial charge in [-0.25, -0.2) is 0 Å². The lowest BCUT2D eigenvalue weighted by Gasteiger charge is -2.22. The molecule has 1 N–H and O–H groups in total. The van der Waals surface area contributed by atoms with Gasteiger partial charge in [-0.1, -0.05) is 6.58 Å². The van der Waals surface area contributed by atoms with E-state index >= 15 is 0 Å². The number of fused-ring (bicyclic) bond motifs is 1. The van der Waals surface area contributed by atoms with Crippen LogP contribution in [0.15, 0.2) is 41.8 Å². The minimum Gasteiger partial charge on any atom is -0.339 e. The van der Waals surface area contributed by atoms with Crippen molar-refractivity contribution in [1.29, 1.82) is 0 Å². The molecule has 0 atom stereocenters. The molecular weight excluding hydrogens is 326 g/mol. The third kappa shape index (κ3) is 3.85. The van der Waals surface area contributed by atoms with Gasteiger partial charge in [-0.2, -0.15) is 26.3 Å². The van der Waals surface area contributed by atoms with Crippen LogP contribution in [0.1, 0.15) is 5.56 Å². The highest BCUT2D eigenvalue weighted by Crippen LogP contribution is 2.35. The van der Waals surface area contributed by atoms with E-state index in [1.165, 1.54) is 6.07 Å². The van der Waals surface area contributed by atoms with Crippen LogP contribution in [0, 0.1) is 0 Å². The zero-order chi connectivity index (χ0) is 17.4. The average molecular weight is 336 g/mol.